The Kier molecular flexibility index (Phi) is 8.26. The van der Waals surface area contributed by atoms with Crippen LogP contribution in [0, 0.1) is 10.1 Å². The second-order valence-electron chi connectivity index (χ2n) is 3.95. The molecule has 0 aliphatic rings. The van der Waals surface area contributed by atoms with E-state index >= 15 is 0 Å². The van der Waals surface area contributed by atoms with Crippen LogP contribution in [0.4, 0.5) is 5.69 Å². The molecule has 0 amide bonds. The number of para-hydroxylation sites is 2. The van der Waals surface area contributed by atoms with Gasteiger partial charge in [0.1, 0.15) is 0 Å². The van der Waals surface area contributed by atoms with Crippen molar-refractivity contribution in [2.75, 3.05) is 6.54 Å². The van der Waals surface area contributed by atoms with Gasteiger partial charge in [-0.15, -0.1) is 12.4 Å². The molecule has 1 rings (SSSR count). The number of nitrogens with zero attached hydrogens (tertiary/aromatic N) is 1. The Hall–Kier alpha value is -1.86. The highest BCUT2D eigenvalue weighted by atomic mass is 35.5. The zero-order valence-corrected chi connectivity index (χ0v) is 11.5. The summed E-state index contributed by atoms with van der Waals surface area (Å²) in [6.07, 6.45) is 0.434. The number of halogens is 1. The minimum atomic E-state index is -1.14. The number of carbonyl (C=O) groups is 1. The molecular formula is C12H17ClN2O5. The van der Waals surface area contributed by atoms with Crippen molar-refractivity contribution in [1.29, 1.82) is 0 Å². The van der Waals surface area contributed by atoms with E-state index in [0.717, 1.165) is 0 Å². The Morgan fingerprint density at radius 1 is 1.40 bits per heavy atom. The molecular weight excluding hydrogens is 288 g/mol. The van der Waals surface area contributed by atoms with E-state index in [1.807, 2.05) is 0 Å². The fraction of sp³-hybridized carbons (Fsp3) is 0.417. The number of hydrogen-bond donors (Lipinski definition) is 2. The minimum absolute atomic E-state index is 0. The third-order valence-corrected chi connectivity index (χ3v) is 2.53. The average molecular weight is 305 g/mol. The first-order valence-electron chi connectivity index (χ1n) is 5.89. The monoisotopic (exact) mass is 304 g/mol. The molecule has 0 radical (unpaired) electrons. The van der Waals surface area contributed by atoms with Crippen LogP contribution in [0.2, 0.25) is 0 Å². The second kappa shape index (κ2) is 9.11. The van der Waals surface area contributed by atoms with Gasteiger partial charge < -0.3 is 15.6 Å². The molecule has 0 fully saturated rings. The predicted molar refractivity (Wildman–Crippen MR) is 75.3 cm³/mol. The summed E-state index contributed by atoms with van der Waals surface area (Å²) >= 11 is 0. The van der Waals surface area contributed by atoms with Gasteiger partial charge in [-0.3, -0.25) is 10.1 Å². The number of aliphatic carboxylic acids is 1. The van der Waals surface area contributed by atoms with Gasteiger partial charge in [-0.2, -0.15) is 0 Å². The van der Waals surface area contributed by atoms with Crippen LogP contribution < -0.4 is 10.5 Å². The Labute approximate surface area is 122 Å². The highest BCUT2D eigenvalue weighted by Crippen LogP contribution is 2.27. The summed E-state index contributed by atoms with van der Waals surface area (Å²) in [6, 6.07) is 5.71. The number of carboxylic acid groups (broad SMARTS) is 1. The van der Waals surface area contributed by atoms with E-state index in [1.54, 1.807) is 6.07 Å². The maximum Gasteiger partial charge on any atom is 0.344 e. The van der Waals surface area contributed by atoms with Gasteiger partial charge in [0.15, 0.2) is 11.9 Å². The number of unbranched alkanes of at least 4 members (excludes halogenated alkanes) is 1. The van der Waals surface area contributed by atoms with Crippen molar-refractivity contribution in [1.82, 2.24) is 0 Å². The van der Waals surface area contributed by atoms with Gasteiger partial charge in [-0.05, 0) is 31.9 Å². The molecule has 0 spiro atoms. The number of rotatable bonds is 8. The Morgan fingerprint density at radius 2 is 2.05 bits per heavy atom. The maximum atomic E-state index is 11.1. The molecule has 1 aromatic carbocycles. The number of carboxylic acids is 1. The molecule has 3 N–H and O–H groups in total. The van der Waals surface area contributed by atoms with Crippen LogP contribution in [0.1, 0.15) is 19.3 Å². The van der Waals surface area contributed by atoms with Crippen molar-refractivity contribution in [3.05, 3.63) is 34.4 Å². The molecule has 0 bridgehead atoms. The lowest BCUT2D eigenvalue weighted by molar-refractivity contribution is -0.386. The predicted octanol–water partition coefficient (Wildman–Crippen LogP) is 1.98. The van der Waals surface area contributed by atoms with E-state index in [0.29, 0.717) is 19.4 Å². The third kappa shape index (κ3) is 5.41. The summed E-state index contributed by atoms with van der Waals surface area (Å²) in [4.78, 5) is 21.2. The summed E-state index contributed by atoms with van der Waals surface area (Å²) in [7, 11) is 0. The van der Waals surface area contributed by atoms with E-state index in [-0.39, 0.29) is 30.3 Å². The number of nitrogens with two attached hydrogens (primary N) is 1. The molecule has 0 aromatic heterocycles. The minimum Gasteiger partial charge on any atom is -0.479 e. The fourth-order valence-electron chi connectivity index (χ4n) is 1.57. The van der Waals surface area contributed by atoms with Gasteiger partial charge in [0.05, 0.1) is 4.92 Å². The zero-order chi connectivity index (χ0) is 14.3. The first-order chi connectivity index (χ1) is 9.06. The molecule has 0 aliphatic heterocycles. The summed E-state index contributed by atoms with van der Waals surface area (Å²) in [5.74, 6) is -1.18. The maximum absolute atomic E-state index is 11.1. The Bertz CT molecular complexity index is 455. The highest BCUT2D eigenvalue weighted by Gasteiger charge is 2.23. The largest absolute Gasteiger partial charge is 0.479 e. The van der Waals surface area contributed by atoms with Crippen molar-refractivity contribution >= 4 is 24.1 Å². The number of nitro groups is 1. The number of ether oxygens (including phenoxy) is 1. The normalized spacial score (nSPS) is 11.2. The zero-order valence-electron chi connectivity index (χ0n) is 10.7. The topological polar surface area (TPSA) is 116 Å². The van der Waals surface area contributed by atoms with E-state index in [9.17, 15) is 14.9 Å². The number of hydrogen-bond acceptors (Lipinski definition) is 5. The van der Waals surface area contributed by atoms with E-state index in [2.05, 4.69) is 0 Å². The summed E-state index contributed by atoms with van der Waals surface area (Å²) in [5, 5.41) is 19.8. The van der Waals surface area contributed by atoms with Gasteiger partial charge in [0.25, 0.3) is 0 Å². The summed E-state index contributed by atoms with van der Waals surface area (Å²) in [5.41, 5.74) is 5.09. The summed E-state index contributed by atoms with van der Waals surface area (Å²) < 4.78 is 5.23. The molecule has 1 aromatic rings. The number of nitro benzene ring substituents is 1. The SMILES string of the molecule is Cl.NCCCCC(Oc1ccccc1[N+](=O)[O-])C(=O)O. The lowest BCUT2D eigenvalue weighted by atomic mass is 10.1. The molecule has 0 saturated carbocycles. The standard InChI is InChI=1S/C12H16N2O5.ClH/c13-8-4-3-7-11(12(15)16)19-10-6-2-1-5-9(10)14(17)18;/h1-2,5-6,11H,3-4,7-8,13H2,(H,15,16);1H. The van der Waals surface area contributed by atoms with Crippen LogP contribution in [0.3, 0.4) is 0 Å². The molecule has 7 nitrogen and oxygen atoms in total. The van der Waals surface area contributed by atoms with Crippen LogP contribution in [-0.4, -0.2) is 28.6 Å². The number of benzene rings is 1. The van der Waals surface area contributed by atoms with E-state index in [4.69, 9.17) is 15.6 Å². The van der Waals surface area contributed by atoms with Crippen LogP contribution >= 0.6 is 12.4 Å². The second-order valence-corrected chi connectivity index (χ2v) is 3.95. The molecule has 8 heteroatoms. The first kappa shape index (κ1) is 18.1. The van der Waals surface area contributed by atoms with Crippen molar-refractivity contribution < 1.29 is 19.6 Å². The van der Waals surface area contributed by atoms with Crippen molar-refractivity contribution in [2.24, 2.45) is 5.73 Å². The fourth-order valence-corrected chi connectivity index (χ4v) is 1.57. The van der Waals surface area contributed by atoms with Gasteiger partial charge in [-0.25, -0.2) is 4.79 Å². The highest BCUT2D eigenvalue weighted by molar-refractivity contribution is 5.85. The van der Waals surface area contributed by atoms with Crippen molar-refractivity contribution in [3.63, 3.8) is 0 Å². The van der Waals surface area contributed by atoms with Gasteiger partial charge in [0.2, 0.25) is 0 Å². The molecule has 0 heterocycles. The molecule has 112 valence electrons. The molecule has 0 saturated heterocycles. The van der Waals surface area contributed by atoms with Gasteiger partial charge in [0, 0.05) is 6.07 Å². The van der Waals surface area contributed by atoms with Gasteiger partial charge in [-0.1, -0.05) is 12.1 Å². The average Bonchev–Trinajstić information content (AvgIpc) is 2.38. The molecule has 1 atom stereocenters. The van der Waals surface area contributed by atoms with Crippen LogP contribution in [0.15, 0.2) is 24.3 Å². The Balaban J connectivity index is 0.00000361. The first-order valence-corrected chi connectivity index (χ1v) is 5.89. The molecule has 20 heavy (non-hydrogen) atoms. The van der Waals surface area contributed by atoms with Gasteiger partial charge >= 0.3 is 11.7 Å². The Morgan fingerprint density at radius 3 is 2.60 bits per heavy atom. The lowest BCUT2D eigenvalue weighted by Crippen LogP contribution is -2.27. The summed E-state index contributed by atoms with van der Waals surface area (Å²) in [6.45, 7) is 0.470. The molecule has 0 aliphatic carbocycles. The quantitative estimate of drug-likeness (QED) is 0.431. The van der Waals surface area contributed by atoms with Crippen LogP contribution in [0.25, 0.3) is 0 Å². The third-order valence-electron chi connectivity index (χ3n) is 2.53. The van der Waals surface area contributed by atoms with Crippen LogP contribution in [0.5, 0.6) is 5.75 Å². The molecule has 1 unspecified atom stereocenters. The van der Waals surface area contributed by atoms with Crippen molar-refractivity contribution in [2.45, 2.75) is 25.4 Å². The smallest absolute Gasteiger partial charge is 0.344 e. The van der Waals surface area contributed by atoms with E-state index < -0.39 is 17.0 Å². The van der Waals surface area contributed by atoms with E-state index in [1.165, 1.54) is 18.2 Å². The lowest BCUT2D eigenvalue weighted by Gasteiger charge is -2.14. The van der Waals surface area contributed by atoms with Crippen molar-refractivity contribution in [3.8, 4) is 5.75 Å². The van der Waals surface area contributed by atoms with Crippen LogP contribution in [-0.2, 0) is 4.79 Å².